The molecule has 22 heteroatoms. The van der Waals surface area contributed by atoms with Crippen molar-refractivity contribution in [3.05, 3.63) is 16.7 Å². The molecule has 0 bridgehead atoms. The second kappa shape index (κ2) is 14.5. The van der Waals surface area contributed by atoms with Crippen LogP contribution in [0.2, 0.25) is 0 Å². The van der Waals surface area contributed by atoms with Crippen molar-refractivity contribution in [2.45, 2.75) is 57.3 Å². The van der Waals surface area contributed by atoms with E-state index in [2.05, 4.69) is 20.0 Å². The topological polar surface area (TPSA) is 277 Å². The number of imidazole rings is 1. The van der Waals surface area contributed by atoms with Gasteiger partial charge in [0.25, 0.3) is 5.56 Å². The van der Waals surface area contributed by atoms with E-state index in [9.17, 15) is 38.6 Å². The van der Waals surface area contributed by atoms with Gasteiger partial charge in [0.15, 0.2) is 17.4 Å². The van der Waals surface area contributed by atoms with E-state index < -0.39 is 70.9 Å². The zero-order chi connectivity index (χ0) is 31.2. The van der Waals surface area contributed by atoms with Gasteiger partial charge in [-0.3, -0.25) is 33.0 Å². The number of nitrogens with one attached hydrogen (secondary N) is 2. The first-order valence-electron chi connectivity index (χ1n) is 12.4. The molecule has 0 radical (unpaired) electrons. The van der Waals surface area contributed by atoms with Crippen LogP contribution in [0.1, 0.15) is 32.9 Å². The van der Waals surface area contributed by atoms with Crippen molar-refractivity contribution in [2.24, 2.45) is 0 Å². The van der Waals surface area contributed by atoms with Gasteiger partial charge in [-0.2, -0.15) is 9.29 Å². The van der Waals surface area contributed by atoms with E-state index in [1.54, 1.807) is 0 Å². The quantitative estimate of drug-likeness (QED) is 0.0583. The molecule has 0 spiro atoms. The first-order valence-corrected chi connectivity index (χ1v) is 16.0. The number of nitrogen functional groups attached to an aromatic ring is 1. The molecule has 1 fully saturated rings. The van der Waals surface area contributed by atoms with Crippen molar-refractivity contribution >= 4 is 56.0 Å². The number of aromatic nitrogens is 4. The molecule has 7 N–H and O–H groups in total. The van der Waals surface area contributed by atoms with Gasteiger partial charge < -0.3 is 30.3 Å². The van der Waals surface area contributed by atoms with Gasteiger partial charge in [0, 0.05) is 6.42 Å². The van der Waals surface area contributed by atoms with Crippen molar-refractivity contribution in [3.8, 4) is 0 Å². The number of phosphoric acid groups is 1. The number of aromatic amines is 1. The third-order valence-electron chi connectivity index (χ3n) is 5.68. The van der Waals surface area contributed by atoms with E-state index in [0.29, 0.717) is 0 Å². The molecule has 2 aromatic heterocycles. The standard InChI is InChI=1S/C20H31ClN6O13P2/c1-3-36-19(32)10(2)26-41(33,37-6-4-5-11(28)7-21)40-42(34,35)38-8-12-14(29)15(30)18(39-12)27-9-23-13-16(27)24-20(22)25-17(13)31/h9-10,12,14-15,18,29-30H,3-8H2,1-2H3,(H,26,33)(H,34,35)(H3,22,24,25,31)/t10-,12+,14+,15+,18+,41?/m0/s1. The normalized spacial score (nSPS) is 24.2. The van der Waals surface area contributed by atoms with Crippen LogP contribution in [0.25, 0.3) is 11.2 Å². The van der Waals surface area contributed by atoms with Crippen LogP contribution in [0.4, 0.5) is 5.95 Å². The molecule has 0 aliphatic carbocycles. The molecule has 19 nitrogen and oxygen atoms in total. The number of rotatable bonds is 16. The summed E-state index contributed by atoms with van der Waals surface area (Å²) in [6.45, 7) is 1.48. The molecular formula is C20H31ClN6O13P2. The molecule has 7 atom stereocenters. The summed E-state index contributed by atoms with van der Waals surface area (Å²) in [6, 6.07) is -1.32. The average Bonchev–Trinajstić information content (AvgIpc) is 3.45. The Labute approximate surface area is 242 Å². The predicted octanol–water partition coefficient (Wildman–Crippen LogP) is -0.291. The maximum Gasteiger partial charge on any atom is 0.480 e. The number of esters is 1. The Bertz CT molecular complexity index is 1420. The van der Waals surface area contributed by atoms with Crippen molar-refractivity contribution in [3.63, 3.8) is 0 Å². The second-order valence-electron chi connectivity index (χ2n) is 8.88. The fourth-order valence-corrected chi connectivity index (χ4v) is 6.86. The minimum absolute atomic E-state index is 0.00954. The van der Waals surface area contributed by atoms with Crippen LogP contribution in [0.15, 0.2) is 11.1 Å². The van der Waals surface area contributed by atoms with Crippen molar-refractivity contribution in [1.29, 1.82) is 0 Å². The Morgan fingerprint density at radius 3 is 2.69 bits per heavy atom. The first kappa shape index (κ1) is 34.2. The van der Waals surface area contributed by atoms with Gasteiger partial charge in [-0.05, 0) is 20.3 Å². The summed E-state index contributed by atoms with van der Waals surface area (Å²) in [7, 11) is -10.0. The maximum atomic E-state index is 13.3. The van der Waals surface area contributed by atoms with E-state index in [-0.39, 0.29) is 48.2 Å². The molecule has 1 aliphatic rings. The smallest absolute Gasteiger partial charge is 0.465 e. The number of hydrogen-bond donors (Lipinski definition) is 6. The molecule has 3 rings (SSSR count). The third-order valence-corrected chi connectivity index (χ3v) is 9.36. The van der Waals surface area contributed by atoms with Crippen molar-refractivity contribution < 1.29 is 56.7 Å². The number of halogens is 1. The fourth-order valence-electron chi connectivity index (χ4n) is 3.72. The highest BCUT2D eigenvalue weighted by Gasteiger charge is 2.46. The van der Waals surface area contributed by atoms with Crippen LogP contribution >= 0.6 is 27.2 Å². The lowest BCUT2D eigenvalue weighted by molar-refractivity contribution is -0.144. The fraction of sp³-hybridized carbons (Fsp3) is 0.650. The number of nitrogens with zero attached hydrogens (tertiary/aromatic N) is 3. The zero-order valence-electron chi connectivity index (χ0n) is 22.3. The lowest BCUT2D eigenvalue weighted by Crippen LogP contribution is -2.35. The molecule has 0 amide bonds. The monoisotopic (exact) mass is 660 g/mol. The van der Waals surface area contributed by atoms with Gasteiger partial charge in [-0.25, -0.2) is 19.2 Å². The summed E-state index contributed by atoms with van der Waals surface area (Å²) < 4.78 is 52.3. The molecule has 2 unspecified atom stereocenters. The van der Waals surface area contributed by atoms with E-state index in [4.69, 9.17) is 40.2 Å². The summed E-state index contributed by atoms with van der Waals surface area (Å²) in [6.07, 6.45) is -5.07. The molecule has 3 heterocycles. The van der Waals surface area contributed by atoms with Gasteiger partial charge >= 0.3 is 21.5 Å². The number of fused-ring (bicyclic) bond motifs is 1. The largest absolute Gasteiger partial charge is 0.480 e. The van der Waals surface area contributed by atoms with Gasteiger partial charge in [-0.1, -0.05) is 0 Å². The number of ether oxygens (including phenoxy) is 2. The summed E-state index contributed by atoms with van der Waals surface area (Å²) in [5.74, 6) is -1.70. The van der Waals surface area contributed by atoms with Crippen LogP contribution in [0.5, 0.6) is 0 Å². The minimum atomic E-state index is -5.28. The number of alkyl halides is 1. The van der Waals surface area contributed by atoms with Gasteiger partial charge in [0.2, 0.25) is 5.95 Å². The number of Topliss-reactive ketones (excluding diaryl/α,β-unsaturated/α-hetero) is 1. The average molecular weight is 661 g/mol. The summed E-state index contributed by atoms with van der Waals surface area (Å²) >= 11 is 5.44. The van der Waals surface area contributed by atoms with Gasteiger partial charge in [0.1, 0.15) is 30.1 Å². The van der Waals surface area contributed by atoms with E-state index in [1.807, 2.05) is 0 Å². The lowest BCUT2D eigenvalue weighted by atomic mass is 10.1. The van der Waals surface area contributed by atoms with Gasteiger partial charge in [0.05, 0.1) is 32.0 Å². The van der Waals surface area contributed by atoms with E-state index in [1.165, 1.54) is 13.8 Å². The molecule has 1 aliphatic heterocycles. The highest BCUT2D eigenvalue weighted by Crippen LogP contribution is 2.61. The zero-order valence-corrected chi connectivity index (χ0v) is 24.9. The van der Waals surface area contributed by atoms with E-state index in [0.717, 1.165) is 10.9 Å². The maximum absolute atomic E-state index is 13.3. The van der Waals surface area contributed by atoms with E-state index >= 15 is 0 Å². The number of hydrogen-bond acceptors (Lipinski definition) is 15. The van der Waals surface area contributed by atoms with Gasteiger partial charge in [-0.15, -0.1) is 11.6 Å². The molecule has 0 aromatic carbocycles. The van der Waals surface area contributed by atoms with Crippen LogP contribution in [-0.4, -0.2) is 96.4 Å². The number of carbonyl (C=O) groups is 2. The number of nitrogens with two attached hydrogens (primary N) is 1. The van der Waals surface area contributed by atoms with Crippen LogP contribution in [0.3, 0.4) is 0 Å². The Hall–Kier alpha value is -2.28. The Morgan fingerprint density at radius 1 is 1.31 bits per heavy atom. The number of aliphatic hydroxyl groups is 2. The number of anilines is 1. The number of carbonyl (C=O) groups excluding carboxylic acids is 2. The molecular weight excluding hydrogens is 630 g/mol. The van der Waals surface area contributed by atoms with Crippen LogP contribution < -0.4 is 16.4 Å². The van der Waals surface area contributed by atoms with Crippen molar-refractivity contribution in [2.75, 3.05) is 31.4 Å². The molecule has 1 saturated heterocycles. The first-order chi connectivity index (χ1) is 19.7. The van der Waals surface area contributed by atoms with Crippen LogP contribution in [-0.2, 0) is 41.6 Å². The highest BCUT2D eigenvalue weighted by molar-refractivity contribution is 7.63. The Morgan fingerprint density at radius 2 is 2.02 bits per heavy atom. The Kier molecular flexibility index (Phi) is 11.8. The predicted molar refractivity (Wildman–Crippen MR) is 143 cm³/mol. The van der Waals surface area contributed by atoms with Crippen LogP contribution in [0, 0.1) is 0 Å². The second-order valence-corrected chi connectivity index (χ2v) is 12.5. The SMILES string of the molecule is CCOC(=O)[C@H](C)NP(=O)(OCCCC(=O)CCl)OP(=O)(O)OC[C@H]1O[C@@H](n2cnc3c(=O)[nH]c(N)nc32)[C@H](O)[C@@H]1O. The highest BCUT2D eigenvalue weighted by atomic mass is 35.5. The number of ketones is 1. The summed E-state index contributed by atoms with van der Waals surface area (Å²) in [5.41, 5.74) is 4.71. The molecule has 42 heavy (non-hydrogen) atoms. The molecule has 0 saturated carbocycles. The number of H-pyrrole nitrogens is 1. The number of aliphatic hydroxyl groups excluding tert-OH is 2. The molecule has 2 aromatic rings. The lowest BCUT2D eigenvalue weighted by Gasteiger charge is -2.24. The summed E-state index contributed by atoms with van der Waals surface area (Å²) in [4.78, 5) is 55.9. The summed E-state index contributed by atoms with van der Waals surface area (Å²) in [5, 5.41) is 23.2. The third kappa shape index (κ3) is 8.64. The van der Waals surface area contributed by atoms with Crippen molar-refractivity contribution in [1.82, 2.24) is 24.6 Å². The number of phosphoric ester groups is 1. The Balaban J connectivity index is 1.69. The molecule has 236 valence electrons. The minimum Gasteiger partial charge on any atom is -0.465 e.